The number of rotatable bonds is 5. The molecule has 1 unspecified atom stereocenters. The molecule has 0 rings (SSSR count). The summed E-state index contributed by atoms with van der Waals surface area (Å²) < 4.78 is 9.56. The van der Waals surface area contributed by atoms with Gasteiger partial charge in [0.1, 0.15) is 0 Å². The Bertz CT molecular complexity index is 282. The number of hydrogen-bond donors (Lipinski definition) is 1. The fourth-order valence-electron chi connectivity index (χ4n) is 0.748. The lowest BCUT2D eigenvalue weighted by molar-refractivity contribution is -0.269. The smallest absolute Gasteiger partial charge is 0.332 e. The minimum absolute atomic E-state index is 0.722. The van der Waals surface area contributed by atoms with Gasteiger partial charge in [-0.15, -0.1) is 0 Å². The molecule has 5 nitrogen and oxygen atoms in total. The fourth-order valence-corrected chi connectivity index (χ4v) is 0.748. The van der Waals surface area contributed by atoms with E-state index in [1.165, 1.54) is 20.8 Å². The first-order valence-corrected chi connectivity index (χ1v) is 4.59. The highest BCUT2D eigenvalue weighted by Crippen LogP contribution is 2.27. The van der Waals surface area contributed by atoms with Crippen molar-refractivity contribution < 1.29 is 24.2 Å². The van der Waals surface area contributed by atoms with E-state index in [0.29, 0.717) is 0 Å². The number of esters is 2. The molecule has 0 radical (unpaired) electrons. The van der Waals surface area contributed by atoms with Gasteiger partial charge in [-0.25, -0.2) is 9.59 Å². The van der Waals surface area contributed by atoms with Gasteiger partial charge in [-0.2, -0.15) is 0 Å². The molecule has 16 heavy (non-hydrogen) atoms. The summed E-state index contributed by atoms with van der Waals surface area (Å²) in [4.78, 5) is 22.0. The Morgan fingerprint density at radius 1 is 1.06 bits per heavy atom. The largest absolute Gasteiger partial charge is 0.450 e. The van der Waals surface area contributed by atoms with Crippen molar-refractivity contribution in [2.45, 2.75) is 32.2 Å². The van der Waals surface area contributed by atoms with Crippen LogP contribution in [0.15, 0.2) is 25.3 Å². The minimum atomic E-state index is -1.96. The lowest BCUT2D eigenvalue weighted by atomic mass is 9.99. The second kappa shape index (κ2) is 4.94. The Hall–Kier alpha value is -1.62. The molecule has 0 fully saturated rings. The second-order valence-corrected chi connectivity index (χ2v) is 3.74. The van der Waals surface area contributed by atoms with Crippen molar-refractivity contribution >= 4 is 11.9 Å². The summed E-state index contributed by atoms with van der Waals surface area (Å²) in [7, 11) is 0. The van der Waals surface area contributed by atoms with Crippen LogP contribution in [0.25, 0.3) is 0 Å². The summed E-state index contributed by atoms with van der Waals surface area (Å²) in [5.41, 5.74) is -1.41. The van der Waals surface area contributed by atoms with E-state index in [1.54, 1.807) is 0 Å². The average Bonchev–Trinajstić information content (AvgIpc) is 2.15. The summed E-state index contributed by atoms with van der Waals surface area (Å²) >= 11 is 0. The van der Waals surface area contributed by atoms with Gasteiger partial charge in [0.25, 0.3) is 0 Å². The number of carbonyl (C=O) groups is 2. The lowest BCUT2D eigenvalue weighted by Crippen LogP contribution is -2.53. The highest BCUT2D eigenvalue weighted by molar-refractivity contribution is 5.82. The Morgan fingerprint density at radius 2 is 1.44 bits per heavy atom. The quantitative estimate of drug-likeness (QED) is 0.430. The molecule has 0 bridgehead atoms. The minimum Gasteiger partial charge on any atom is -0.450 e. The third-order valence-electron chi connectivity index (χ3n) is 2.11. The van der Waals surface area contributed by atoms with Crippen molar-refractivity contribution in [2.24, 2.45) is 0 Å². The number of hydrogen-bond acceptors (Lipinski definition) is 5. The maximum absolute atomic E-state index is 11.0. The molecule has 0 aliphatic carbocycles. The van der Waals surface area contributed by atoms with Crippen LogP contribution in [0.4, 0.5) is 0 Å². The fraction of sp³-hybridized carbons (Fsp3) is 0.455. The molecule has 0 aromatic rings. The van der Waals surface area contributed by atoms with Gasteiger partial charge >= 0.3 is 11.9 Å². The molecule has 0 heterocycles. The molecule has 0 spiro atoms. The van der Waals surface area contributed by atoms with Crippen molar-refractivity contribution in [3.63, 3.8) is 0 Å². The van der Waals surface area contributed by atoms with Crippen molar-refractivity contribution in [2.75, 3.05) is 0 Å². The van der Waals surface area contributed by atoms with E-state index < -0.39 is 23.3 Å². The maximum atomic E-state index is 11.0. The van der Waals surface area contributed by atoms with Crippen LogP contribution in [0.2, 0.25) is 0 Å². The molecule has 0 aliphatic heterocycles. The molecule has 0 saturated heterocycles. The Kier molecular flexibility index (Phi) is 4.44. The molecule has 0 aliphatic rings. The van der Waals surface area contributed by atoms with Gasteiger partial charge in [-0.1, -0.05) is 13.2 Å². The average molecular weight is 228 g/mol. The Labute approximate surface area is 94.4 Å². The number of ether oxygens (including phenoxy) is 2. The second-order valence-electron chi connectivity index (χ2n) is 3.74. The van der Waals surface area contributed by atoms with Crippen molar-refractivity contribution in [1.82, 2.24) is 0 Å². The molecule has 0 amide bonds. The monoisotopic (exact) mass is 228 g/mol. The van der Waals surface area contributed by atoms with E-state index in [-0.39, 0.29) is 0 Å². The first-order chi connectivity index (χ1) is 7.16. The van der Waals surface area contributed by atoms with Crippen LogP contribution in [-0.4, -0.2) is 28.4 Å². The Balaban J connectivity index is 4.82. The van der Waals surface area contributed by atoms with E-state index in [1.807, 2.05) is 0 Å². The normalized spacial score (nSPS) is 14.5. The van der Waals surface area contributed by atoms with Gasteiger partial charge in [0.2, 0.25) is 5.79 Å². The van der Waals surface area contributed by atoms with Gasteiger partial charge in [-0.05, 0) is 13.8 Å². The molecule has 0 aromatic heterocycles. The molecule has 90 valence electrons. The lowest BCUT2D eigenvalue weighted by Gasteiger charge is -2.37. The van der Waals surface area contributed by atoms with Gasteiger partial charge in [0.15, 0.2) is 5.60 Å². The van der Waals surface area contributed by atoms with Crippen LogP contribution < -0.4 is 0 Å². The van der Waals surface area contributed by atoms with Crippen molar-refractivity contribution in [3.05, 3.63) is 25.3 Å². The molecule has 0 aromatic carbocycles. The van der Waals surface area contributed by atoms with Gasteiger partial charge in [0.05, 0.1) is 0 Å². The van der Waals surface area contributed by atoms with Crippen LogP contribution in [-0.2, 0) is 19.1 Å². The predicted octanol–water partition coefficient (Wildman–Crippen LogP) is 0.932. The van der Waals surface area contributed by atoms with E-state index in [9.17, 15) is 14.7 Å². The molecule has 0 saturated carbocycles. The zero-order chi connectivity index (χ0) is 13.0. The van der Waals surface area contributed by atoms with Crippen molar-refractivity contribution in [1.29, 1.82) is 0 Å². The van der Waals surface area contributed by atoms with Crippen LogP contribution in [0.5, 0.6) is 0 Å². The highest BCUT2D eigenvalue weighted by atomic mass is 16.7. The zero-order valence-corrected chi connectivity index (χ0v) is 9.65. The molecular weight excluding hydrogens is 212 g/mol. The van der Waals surface area contributed by atoms with E-state index >= 15 is 0 Å². The molecule has 5 heteroatoms. The van der Waals surface area contributed by atoms with Crippen LogP contribution in [0, 0.1) is 0 Å². The number of aliphatic hydroxyl groups is 1. The molecule has 1 N–H and O–H groups in total. The van der Waals surface area contributed by atoms with Crippen LogP contribution in [0.3, 0.4) is 0 Å². The maximum Gasteiger partial charge on any atom is 0.332 e. The van der Waals surface area contributed by atoms with E-state index in [0.717, 1.165) is 12.2 Å². The summed E-state index contributed by atoms with van der Waals surface area (Å²) in [6.45, 7) is 10.4. The standard InChI is InChI=1S/C11H16O5/c1-6-8(12)15-10(3,4)11(5,14)16-9(13)7-2/h6-7,14H,1-2H2,3-5H3. The van der Waals surface area contributed by atoms with Gasteiger partial charge < -0.3 is 14.6 Å². The number of carbonyl (C=O) groups excluding carboxylic acids is 2. The zero-order valence-electron chi connectivity index (χ0n) is 9.65. The van der Waals surface area contributed by atoms with E-state index in [2.05, 4.69) is 17.9 Å². The van der Waals surface area contributed by atoms with Gasteiger partial charge in [0, 0.05) is 19.1 Å². The third-order valence-corrected chi connectivity index (χ3v) is 2.11. The SMILES string of the molecule is C=CC(=O)OC(C)(C)C(C)(O)OC(=O)C=C. The predicted molar refractivity (Wildman–Crippen MR) is 57.3 cm³/mol. The first kappa shape index (κ1) is 14.4. The third kappa shape index (κ3) is 3.51. The summed E-state index contributed by atoms with van der Waals surface area (Å²) in [5, 5.41) is 9.89. The van der Waals surface area contributed by atoms with Crippen LogP contribution >= 0.6 is 0 Å². The molecular formula is C11H16O5. The topological polar surface area (TPSA) is 72.8 Å². The van der Waals surface area contributed by atoms with Crippen LogP contribution in [0.1, 0.15) is 20.8 Å². The Morgan fingerprint density at radius 3 is 1.81 bits per heavy atom. The van der Waals surface area contributed by atoms with E-state index in [4.69, 9.17) is 4.74 Å². The first-order valence-electron chi connectivity index (χ1n) is 4.59. The summed E-state index contributed by atoms with van der Waals surface area (Å²) in [5.74, 6) is -3.50. The molecule has 1 atom stereocenters. The van der Waals surface area contributed by atoms with Gasteiger partial charge in [-0.3, -0.25) is 0 Å². The summed E-state index contributed by atoms with van der Waals surface area (Å²) in [6, 6.07) is 0. The summed E-state index contributed by atoms with van der Waals surface area (Å²) in [6.07, 6.45) is 1.85. The highest BCUT2D eigenvalue weighted by Gasteiger charge is 2.46. The van der Waals surface area contributed by atoms with Crippen molar-refractivity contribution in [3.8, 4) is 0 Å².